The van der Waals surface area contributed by atoms with E-state index in [1.165, 1.54) is 32.1 Å². The fourth-order valence-electron chi connectivity index (χ4n) is 2.06. The van der Waals surface area contributed by atoms with Crippen molar-refractivity contribution < 1.29 is 5.11 Å². The lowest BCUT2D eigenvalue weighted by atomic mass is 10.0. The number of rotatable bonds is 8. The summed E-state index contributed by atoms with van der Waals surface area (Å²) in [6.07, 6.45) is 8.64. The van der Waals surface area contributed by atoms with Crippen molar-refractivity contribution >= 4 is 11.6 Å². The molecule has 0 spiro atoms. The molecule has 0 fully saturated rings. The molecule has 0 aliphatic carbocycles. The summed E-state index contributed by atoms with van der Waals surface area (Å²) in [7, 11) is 0. The minimum atomic E-state index is -0.0352. The fraction of sp³-hybridized carbons (Fsp3) is 0.533. The van der Waals surface area contributed by atoms with Gasteiger partial charge in [-0.1, -0.05) is 45.1 Å². The number of hydrogen-bond acceptors (Lipinski definition) is 2. The van der Waals surface area contributed by atoms with E-state index in [0.717, 1.165) is 18.4 Å². The van der Waals surface area contributed by atoms with Crippen molar-refractivity contribution in [1.29, 1.82) is 0 Å². The van der Waals surface area contributed by atoms with Gasteiger partial charge in [-0.05, 0) is 30.5 Å². The van der Waals surface area contributed by atoms with Gasteiger partial charge in [0.2, 0.25) is 0 Å². The van der Waals surface area contributed by atoms with Crippen LogP contribution in [-0.2, 0) is 6.42 Å². The van der Waals surface area contributed by atoms with Crippen LogP contribution in [0.2, 0.25) is 0 Å². The molecule has 0 heterocycles. The summed E-state index contributed by atoms with van der Waals surface area (Å²) in [5, 5.41) is 9.63. The number of aryl methyl sites for hydroxylation is 1. The number of aliphatic imine (C=N–C) groups is 1. The Balaban J connectivity index is 2.44. The van der Waals surface area contributed by atoms with Gasteiger partial charge in [0.1, 0.15) is 11.4 Å². The molecule has 0 radical (unpaired) electrons. The molecular weight excluding hydrogens is 238 g/mol. The highest BCUT2D eigenvalue weighted by Gasteiger charge is 2.02. The van der Waals surface area contributed by atoms with E-state index in [4.69, 9.17) is 11.5 Å². The second kappa shape index (κ2) is 8.40. The Bertz CT molecular complexity index is 412. The number of phenolic OH excluding ortho intramolecular Hbond substituents is 1. The SMILES string of the molecule is CCCCCCCCc1ccc(O)c(N=C(N)N)c1. The summed E-state index contributed by atoms with van der Waals surface area (Å²) >= 11 is 0. The first kappa shape index (κ1) is 15.3. The Hall–Kier alpha value is -1.71. The molecular formula is C15H25N3O. The van der Waals surface area contributed by atoms with Crippen LogP contribution in [0.5, 0.6) is 5.75 Å². The molecule has 0 saturated carbocycles. The van der Waals surface area contributed by atoms with Crippen LogP contribution in [-0.4, -0.2) is 11.1 Å². The number of phenols is 1. The topological polar surface area (TPSA) is 84.6 Å². The maximum absolute atomic E-state index is 9.63. The molecule has 4 nitrogen and oxygen atoms in total. The summed E-state index contributed by atoms with van der Waals surface area (Å²) < 4.78 is 0. The lowest BCUT2D eigenvalue weighted by Crippen LogP contribution is -2.21. The van der Waals surface area contributed by atoms with Gasteiger partial charge in [0.05, 0.1) is 0 Å². The van der Waals surface area contributed by atoms with Crippen molar-refractivity contribution in [2.24, 2.45) is 16.5 Å². The Morgan fingerprint density at radius 3 is 2.47 bits per heavy atom. The third-order valence-electron chi connectivity index (χ3n) is 3.11. The van der Waals surface area contributed by atoms with Crippen LogP contribution < -0.4 is 11.5 Å². The van der Waals surface area contributed by atoms with E-state index in [2.05, 4.69) is 11.9 Å². The van der Waals surface area contributed by atoms with Crippen molar-refractivity contribution in [2.45, 2.75) is 51.9 Å². The molecule has 5 N–H and O–H groups in total. The zero-order valence-corrected chi connectivity index (χ0v) is 11.7. The molecule has 0 aliphatic rings. The van der Waals surface area contributed by atoms with E-state index in [1.54, 1.807) is 6.07 Å². The average molecular weight is 263 g/mol. The van der Waals surface area contributed by atoms with Gasteiger partial charge >= 0.3 is 0 Å². The highest BCUT2D eigenvalue weighted by molar-refractivity contribution is 5.80. The molecule has 1 aromatic rings. The summed E-state index contributed by atoms with van der Waals surface area (Å²) in [5.74, 6) is 0.0760. The first-order valence-electron chi connectivity index (χ1n) is 7.05. The van der Waals surface area contributed by atoms with Crippen LogP contribution in [0.4, 0.5) is 5.69 Å². The van der Waals surface area contributed by atoms with Crippen LogP contribution >= 0.6 is 0 Å². The standard InChI is InChI=1S/C15H25N3O/c1-2-3-4-5-6-7-8-12-9-10-14(19)13(11-12)18-15(16)17/h9-11,19H,2-8H2,1H3,(H4,16,17,18). The molecule has 0 amide bonds. The van der Waals surface area contributed by atoms with Crippen molar-refractivity contribution in [3.8, 4) is 5.75 Å². The number of guanidine groups is 1. The number of aromatic hydroxyl groups is 1. The van der Waals surface area contributed by atoms with Gasteiger partial charge < -0.3 is 16.6 Å². The minimum absolute atomic E-state index is 0.0352. The highest BCUT2D eigenvalue weighted by atomic mass is 16.3. The number of benzene rings is 1. The highest BCUT2D eigenvalue weighted by Crippen LogP contribution is 2.27. The van der Waals surface area contributed by atoms with E-state index < -0.39 is 0 Å². The fourth-order valence-corrected chi connectivity index (χ4v) is 2.06. The largest absolute Gasteiger partial charge is 0.506 e. The first-order chi connectivity index (χ1) is 9.13. The van der Waals surface area contributed by atoms with Crippen LogP contribution in [0.25, 0.3) is 0 Å². The number of hydrogen-bond donors (Lipinski definition) is 3. The molecule has 1 aromatic carbocycles. The molecule has 0 bridgehead atoms. The molecule has 0 unspecified atom stereocenters. The van der Waals surface area contributed by atoms with Gasteiger partial charge in [0, 0.05) is 0 Å². The van der Waals surface area contributed by atoms with E-state index in [1.807, 2.05) is 12.1 Å². The maximum atomic E-state index is 9.63. The minimum Gasteiger partial charge on any atom is -0.506 e. The zero-order valence-electron chi connectivity index (χ0n) is 11.7. The monoisotopic (exact) mass is 263 g/mol. The van der Waals surface area contributed by atoms with Crippen molar-refractivity contribution in [2.75, 3.05) is 0 Å². The van der Waals surface area contributed by atoms with Crippen LogP contribution in [0, 0.1) is 0 Å². The number of unbranched alkanes of at least 4 members (excludes halogenated alkanes) is 5. The third kappa shape index (κ3) is 6.13. The van der Waals surface area contributed by atoms with E-state index in [9.17, 15) is 5.11 Å². The van der Waals surface area contributed by atoms with Crippen LogP contribution in [0.1, 0.15) is 51.0 Å². The van der Waals surface area contributed by atoms with Gasteiger partial charge in [0.15, 0.2) is 5.96 Å². The second-order valence-corrected chi connectivity index (χ2v) is 4.88. The number of nitrogens with two attached hydrogens (primary N) is 2. The molecule has 4 heteroatoms. The molecule has 0 saturated heterocycles. The maximum Gasteiger partial charge on any atom is 0.191 e. The Morgan fingerprint density at radius 2 is 1.79 bits per heavy atom. The quantitative estimate of drug-likeness (QED) is 0.382. The van der Waals surface area contributed by atoms with Gasteiger partial charge in [0.25, 0.3) is 0 Å². The lowest BCUT2D eigenvalue weighted by Gasteiger charge is -2.05. The summed E-state index contributed by atoms with van der Waals surface area (Å²) in [5.41, 5.74) is 12.3. The number of nitrogens with zero attached hydrogens (tertiary/aromatic N) is 1. The van der Waals surface area contributed by atoms with Crippen molar-refractivity contribution in [1.82, 2.24) is 0 Å². The normalized spacial score (nSPS) is 10.4. The van der Waals surface area contributed by atoms with E-state index in [0.29, 0.717) is 5.69 Å². The Kier molecular flexibility index (Phi) is 6.79. The van der Waals surface area contributed by atoms with Gasteiger partial charge in [-0.3, -0.25) is 0 Å². The molecule has 19 heavy (non-hydrogen) atoms. The van der Waals surface area contributed by atoms with Crippen molar-refractivity contribution in [3.05, 3.63) is 23.8 Å². The van der Waals surface area contributed by atoms with E-state index >= 15 is 0 Å². The predicted octanol–water partition coefficient (Wildman–Crippen LogP) is 3.20. The van der Waals surface area contributed by atoms with Gasteiger partial charge in [-0.2, -0.15) is 0 Å². The Morgan fingerprint density at radius 1 is 1.11 bits per heavy atom. The molecule has 0 aliphatic heterocycles. The molecule has 0 atom stereocenters. The zero-order chi connectivity index (χ0) is 14.1. The van der Waals surface area contributed by atoms with E-state index in [-0.39, 0.29) is 11.7 Å². The summed E-state index contributed by atoms with van der Waals surface area (Å²) in [4.78, 5) is 3.91. The van der Waals surface area contributed by atoms with Crippen LogP contribution in [0.15, 0.2) is 23.2 Å². The predicted molar refractivity (Wildman–Crippen MR) is 80.7 cm³/mol. The second-order valence-electron chi connectivity index (χ2n) is 4.88. The van der Waals surface area contributed by atoms with Crippen LogP contribution in [0.3, 0.4) is 0 Å². The van der Waals surface area contributed by atoms with Gasteiger partial charge in [-0.15, -0.1) is 0 Å². The van der Waals surface area contributed by atoms with Gasteiger partial charge in [-0.25, -0.2) is 4.99 Å². The molecule has 0 aromatic heterocycles. The Labute approximate surface area is 115 Å². The lowest BCUT2D eigenvalue weighted by molar-refractivity contribution is 0.476. The first-order valence-corrected chi connectivity index (χ1v) is 7.05. The smallest absolute Gasteiger partial charge is 0.191 e. The van der Waals surface area contributed by atoms with Crippen molar-refractivity contribution in [3.63, 3.8) is 0 Å². The molecule has 106 valence electrons. The summed E-state index contributed by atoms with van der Waals surface area (Å²) in [6.45, 7) is 2.22. The average Bonchev–Trinajstić information content (AvgIpc) is 2.37. The molecule has 1 rings (SSSR count). The summed E-state index contributed by atoms with van der Waals surface area (Å²) in [6, 6.07) is 5.42. The third-order valence-corrected chi connectivity index (χ3v) is 3.11.